The Bertz CT molecular complexity index is 754. The molecule has 4 N–H and O–H groups in total. The Morgan fingerprint density at radius 1 is 0.897 bits per heavy atom. The molecule has 0 atom stereocenters. The first kappa shape index (κ1) is 19.7. The van der Waals surface area contributed by atoms with Gasteiger partial charge in [0.1, 0.15) is 0 Å². The topological polar surface area (TPSA) is 99.3 Å². The second-order valence-corrected chi connectivity index (χ2v) is 9.03. The average molecular weight is 399 g/mol. The summed E-state index contributed by atoms with van der Waals surface area (Å²) in [4.78, 5) is 36.4. The van der Waals surface area contributed by atoms with E-state index in [2.05, 4.69) is 21.3 Å². The van der Waals surface area contributed by atoms with Gasteiger partial charge in [0.2, 0.25) is 11.8 Å². The van der Waals surface area contributed by atoms with Crippen LogP contribution in [0.25, 0.3) is 0 Å². The predicted molar refractivity (Wildman–Crippen MR) is 111 cm³/mol. The lowest BCUT2D eigenvalue weighted by Crippen LogP contribution is -2.53. The van der Waals surface area contributed by atoms with E-state index in [1.807, 2.05) is 0 Å². The van der Waals surface area contributed by atoms with E-state index in [4.69, 9.17) is 0 Å². The van der Waals surface area contributed by atoms with Crippen LogP contribution in [0.3, 0.4) is 0 Å². The maximum atomic E-state index is 12.9. The molecule has 4 bridgehead atoms. The average Bonchev–Trinajstić information content (AvgIpc) is 2.68. The summed E-state index contributed by atoms with van der Waals surface area (Å²) >= 11 is 0. The summed E-state index contributed by atoms with van der Waals surface area (Å²) in [6.07, 6.45) is 7.29. The number of carbonyl (C=O) groups excluding carboxylic acids is 3. The minimum atomic E-state index is -0.295. The SMILES string of the molecule is CNC(=O)Nc1ccc(NC(=O)CCNC(=O)C23CC4CC(CC(C4)C2)C3)cc1. The molecular formula is C22H30N4O3. The Hall–Kier alpha value is -2.57. The van der Waals surface area contributed by atoms with Gasteiger partial charge < -0.3 is 21.3 Å². The Morgan fingerprint density at radius 2 is 1.41 bits per heavy atom. The van der Waals surface area contributed by atoms with E-state index in [-0.39, 0.29) is 29.7 Å². The first-order valence-corrected chi connectivity index (χ1v) is 10.6. The summed E-state index contributed by atoms with van der Waals surface area (Å²) in [6.45, 7) is 0.364. The van der Waals surface area contributed by atoms with E-state index in [0.29, 0.717) is 17.9 Å². The van der Waals surface area contributed by atoms with E-state index in [1.54, 1.807) is 31.3 Å². The van der Waals surface area contributed by atoms with Gasteiger partial charge in [-0.1, -0.05) is 0 Å². The first-order chi connectivity index (χ1) is 14.0. The molecule has 29 heavy (non-hydrogen) atoms. The quantitative estimate of drug-likeness (QED) is 0.592. The van der Waals surface area contributed by atoms with Crippen molar-refractivity contribution in [2.45, 2.75) is 44.9 Å². The highest BCUT2D eigenvalue weighted by atomic mass is 16.2. The zero-order valence-electron chi connectivity index (χ0n) is 16.9. The smallest absolute Gasteiger partial charge is 0.318 e. The van der Waals surface area contributed by atoms with E-state index in [0.717, 1.165) is 37.0 Å². The minimum Gasteiger partial charge on any atom is -0.355 e. The molecule has 0 radical (unpaired) electrons. The largest absolute Gasteiger partial charge is 0.355 e. The third kappa shape index (κ3) is 4.38. The number of anilines is 2. The van der Waals surface area contributed by atoms with Crippen LogP contribution in [0.15, 0.2) is 24.3 Å². The number of hydrogen-bond donors (Lipinski definition) is 4. The van der Waals surface area contributed by atoms with Crippen LogP contribution in [0.2, 0.25) is 0 Å². The number of amides is 4. The van der Waals surface area contributed by atoms with Crippen molar-refractivity contribution in [2.24, 2.45) is 23.2 Å². The zero-order chi connectivity index (χ0) is 20.4. The summed E-state index contributed by atoms with van der Waals surface area (Å²) in [7, 11) is 1.55. The molecule has 0 unspecified atom stereocenters. The van der Waals surface area contributed by atoms with Crippen molar-refractivity contribution >= 4 is 29.2 Å². The lowest BCUT2D eigenvalue weighted by molar-refractivity contribution is -0.146. The molecule has 4 saturated carbocycles. The zero-order valence-corrected chi connectivity index (χ0v) is 16.9. The van der Waals surface area contributed by atoms with Crippen molar-refractivity contribution in [2.75, 3.05) is 24.2 Å². The minimum absolute atomic E-state index is 0.136. The van der Waals surface area contributed by atoms with Crippen molar-refractivity contribution in [3.05, 3.63) is 24.3 Å². The number of hydrogen-bond acceptors (Lipinski definition) is 3. The van der Waals surface area contributed by atoms with Gasteiger partial charge in [-0.2, -0.15) is 0 Å². The fourth-order valence-electron chi connectivity index (χ4n) is 5.92. The molecule has 5 rings (SSSR count). The molecule has 7 heteroatoms. The summed E-state index contributed by atoms with van der Waals surface area (Å²) in [6, 6.07) is 6.62. The first-order valence-electron chi connectivity index (χ1n) is 10.6. The van der Waals surface area contributed by atoms with Crippen molar-refractivity contribution < 1.29 is 14.4 Å². The van der Waals surface area contributed by atoms with E-state index < -0.39 is 0 Å². The molecule has 4 aliphatic carbocycles. The molecule has 1 aromatic rings. The van der Waals surface area contributed by atoms with Gasteiger partial charge >= 0.3 is 6.03 Å². The molecule has 0 aromatic heterocycles. The molecule has 4 aliphatic rings. The van der Waals surface area contributed by atoms with Gasteiger partial charge in [-0.3, -0.25) is 9.59 Å². The second-order valence-electron chi connectivity index (χ2n) is 9.03. The number of urea groups is 1. The predicted octanol–water partition coefficient (Wildman–Crippen LogP) is 3.10. The molecule has 0 saturated heterocycles. The Labute approximate surface area is 171 Å². The van der Waals surface area contributed by atoms with Crippen LogP contribution in [0.5, 0.6) is 0 Å². The highest BCUT2D eigenvalue weighted by Crippen LogP contribution is 2.60. The molecule has 0 spiro atoms. The van der Waals surface area contributed by atoms with Gasteiger partial charge in [0.25, 0.3) is 0 Å². The third-order valence-corrected chi connectivity index (χ3v) is 6.81. The van der Waals surface area contributed by atoms with E-state index >= 15 is 0 Å². The molecule has 156 valence electrons. The standard InChI is InChI=1S/C22H30N4O3/c1-23-21(29)26-18-4-2-17(3-5-18)25-19(27)6-7-24-20(28)22-11-14-8-15(12-22)10-16(9-14)13-22/h2-5,14-16H,6-13H2,1H3,(H,24,28)(H,25,27)(H2,23,26,29). The Kier molecular flexibility index (Phi) is 5.48. The molecule has 0 aliphatic heterocycles. The molecular weight excluding hydrogens is 368 g/mol. The van der Waals surface area contributed by atoms with Gasteiger partial charge in [-0.05, 0) is 80.5 Å². The van der Waals surface area contributed by atoms with Gasteiger partial charge in [0.15, 0.2) is 0 Å². The van der Waals surface area contributed by atoms with Crippen LogP contribution < -0.4 is 21.3 Å². The van der Waals surface area contributed by atoms with Crippen LogP contribution in [0, 0.1) is 23.2 Å². The lowest BCUT2D eigenvalue weighted by atomic mass is 9.49. The van der Waals surface area contributed by atoms with Crippen LogP contribution in [0.1, 0.15) is 44.9 Å². The molecule has 4 amide bonds. The Balaban J connectivity index is 1.22. The van der Waals surface area contributed by atoms with Gasteiger partial charge in [-0.15, -0.1) is 0 Å². The number of carbonyl (C=O) groups is 3. The van der Waals surface area contributed by atoms with Crippen molar-refractivity contribution in [1.82, 2.24) is 10.6 Å². The fourth-order valence-corrected chi connectivity index (χ4v) is 5.92. The monoisotopic (exact) mass is 398 g/mol. The summed E-state index contributed by atoms with van der Waals surface area (Å²) < 4.78 is 0. The van der Waals surface area contributed by atoms with Crippen molar-refractivity contribution in [1.29, 1.82) is 0 Å². The fraction of sp³-hybridized carbons (Fsp3) is 0.591. The van der Waals surface area contributed by atoms with Gasteiger partial charge in [0.05, 0.1) is 0 Å². The molecule has 0 heterocycles. The van der Waals surface area contributed by atoms with Gasteiger partial charge in [-0.25, -0.2) is 4.79 Å². The maximum Gasteiger partial charge on any atom is 0.318 e. The summed E-state index contributed by atoms with van der Waals surface area (Å²) in [5, 5.41) is 11.0. The Morgan fingerprint density at radius 3 is 1.93 bits per heavy atom. The third-order valence-electron chi connectivity index (χ3n) is 6.81. The molecule has 1 aromatic carbocycles. The van der Waals surface area contributed by atoms with Gasteiger partial charge in [0, 0.05) is 36.8 Å². The second kappa shape index (κ2) is 8.05. The van der Waals surface area contributed by atoms with E-state index in [1.165, 1.54) is 19.3 Å². The highest BCUT2D eigenvalue weighted by Gasteiger charge is 2.54. The molecule has 7 nitrogen and oxygen atoms in total. The number of benzene rings is 1. The van der Waals surface area contributed by atoms with Crippen LogP contribution in [-0.4, -0.2) is 31.4 Å². The maximum absolute atomic E-state index is 12.9. The van der Waals surface area contributed by atoms with Crippen LogP contribution >= 0.6 is 0 Å². The number of rotatable bonds is 6. The summed E-state index contributed by atoms with van der Waals surface area (Å²) in [5.41, 5.74) is 1.13. The van der Waals surface area contributed by atoms with Crippen molar-refractivity contribution in [3.63, 3.8) is 0 Å². The number of nitrogens with one attached hydrogen (secondary N) is 4. The van der Waals surface area contributed by atoms with Crippen LogP contribution in [-0.2, 0) is 9.59 Å². The van der Waals surface area contributed by atoms with Crippen LogP contribution in [0.4, 0.5) is 16.2 Å². The lowest BCUT2D eigenvalue weighted by Gasteiger charge is -2.55. The van der Waals surface area contributed by atoms with E-state index in [9.17, 15) is 14.4 Å². The van der Waals surface area contributed by atoms with Crippen molar-refractivity contribution in [3.8, 4) is 0 Å². The summed E-state index contributed by atoms with van der Waals surface area (Å²) in [5.74, 6) is 2.22. The highest BCUT2D eigenvalue weighted by molar-refractivity contribution is 5.92. The normalized spacial score (nSPS) is 29.2. The molecule has 4 fully saturated rings.